The van der Waals surface area contributed by atoms with Gasteiger partial charge in [0.15, 0.2) is 0 Å². The smallest absolute Gasteiger partial charge is 0.125 e. The molecule has 1 aliphatic carbocycles. The van der Waals surface area contributed by atoms with Gasteiger partial charge in [-0.15, -0.1) is 0 Å². The number of nitrogens with two attached hydrogens (primary N) is 1. The molecular weight excluding hydrogens is 198 g/mol. The van der Waals surface area contributed by atoms with Gasteiger partial charge in [0.1, 0.15) is 5.75 Å². The highest BCUT2D eigenvalue weighted by atomic mass is 16.5. The first-order valence-electron chi connectivity index (χ1n) is 6.13. The van der Waals surface area contributed by atoms with E-state index in [9.17, 15) is 0 Å². The van der Waals surface area contributed by atoms with Crippen LogP contribution in [0, 0.1) is 19.8 Å². The number of hydrogen-bond acceptors (Lipinski definition) is 2. The molecule has 0 radical (unpaired) electrons. The van der Waals surface area contributed by atoms with Crippen LogP contribution in [0.1, 0.15) is 36.0 Å². The summed E-state index contributed by atoms with van der Waals surface area (Å²) < 4.78 is 5.93. The normalized spacial score (nSPS) is 15.9. The molecule has 0 saturated heterocycles. The minimum atomic E-state index is 0.602. The van der Waals surface area contributed by atoms with Gasteiger partial charge in [-0.05, 0) is 49.3 Å². The standard InChI is InChI=1S/C14H21NO/c1-10-6-13(8-15)7-11(2)14(10)16-9-12-4-3-5-12/h6-7,12H,3-5,8-9,15H2,1-2H3. The van der Waals surface area contributed by atoms with E-state index in [0.717, 1.165) is 18.3 Å². The number of benzene rings is 1. The molecule has 16 heavy (non-hydrogen) atoms. The fourth-order valence-corrected chi connectivity index (χ4v) is 2.25. The third-order valence-corrected chi connectivity index (χ3v) is 3.44. The Bertz CT molecular complexity index is 346. The highest BCUT2D eigenvalue weighted by Crippen LogP contribution is 2.30. The molecule has 0 atom stereocenters. The van der Waals surface area contributed by atoms with E-state index in [1.54, 1.807) is 0 Å². The van der Waals surface area contributed by atoms with Crippen LogP contribution in [0.2, 0.25) is 0 Å². The van der Waals surface area contributed by atoms with Crippen molar-refractivity contribution in [1.82, 2.24) is 0 Å². The molecule has 88 valence electrons. The topological polar surface area (TPSA) is 35.2 Å². The molecule has 0 spiro atoms. The summed E-state index contributed by atoms with van der Waals surface area (Å²) in [5.41, 5.74) is 9.25. The van der Waals surface area contributed by atoms with Crippen molar-refractivity contribution < 1.29 is 4.74 Å². The van der Waals surface area contributed by atoms with Crippen molar-refractivity contribution in [2.75, 3.05) is 6.61 Å². The quantitative estimate of drug-likeness (QED) is 0.845. The Morgan fingerprint density at radius 1 is 1.25 bits per heavy atom. The zero-order chi connectivity index (χ0) is 11.5. The molecule has 2 heteroatoms. The Morgan fingerprint density at radius 3 is 2.31 bits per heavy atom. The lowest BCUT2D eigenvalue weighted by Gasteiger charge is -2.26. The van der Waals surface area contributed by atoms with Gasteiger partial charge in [-0.25, -0.2) is 0 Å². The van der Waals surface area contributed by atoms with Crippen LogP contribution in [0.3, 0.4) is 0 Å². The summed E-state index contributed by atoms with van der Waals surface area (Å²) in [5.74, 6) is 1.84. The lowest BCUT2D eigenvalue weighted by atomic mass is 9.86. The minimum Gasteiger partial charge on any atom is -0.493 e. The molecule has 0 aromatic heterocycles. The maximum atomic E-state index is 5.93. The van der Waals surface area contributed by atoms with Gasteiger partial charge < -0.3 is 10.5 Å². The Kier molecular flexibility index (Phi) is 3.49. The zero-order valence-corrected chi connectivity index (χ0v) is 10.3. The van der Waals surface area contributed by atoms with Crippen LogP contribution in [0.15, 0.2) is 12.1 Å². The predicted molar refractivity (Wildman–Crippen MR) is 66.6 cm³/mol. The Labute approximate surface area is 97.8 Å². The van der Waals surface area contributed by atoms with Crippen LogP contribution >= 0.6 is 0 Å². The first-order chi connectivity index (χ1) is 7.70. The molecule has 0 bridgehead atoms. The summed E-state index contributed by atoms with van der Waals surface area (Å²) in [5, 5.41) is 0. The number of hydrogen-bond donors (Lipinski definition) is 1. The second-order valence-electron chi connectivity index (χ2n) is 4.87. The largest absolute Gasteiger partial charge is 0.493 e. The van der Waals surface area contributed by atoms with Crippen LogP contribution < -0.4 is 10.5 Å². The Balaban J connectivity index is 2.06. The van der Waals surface area contributed by atoms with Crippen LogP contribution in [0.4, 0.5) is 0 Å². The predicted octanol–water partition coefficient (Wildman–Crippen LogP) is 2.94. The highest BCUT2D eigenvalue weighted by Gasteiger charge is 2.18. The van der Waals surface area contributed by atoms with Crippen molar-refractivity contribution in [2.45, 2.75) is 39.7 Å². The average Bonchev–Trinajstić information content (AvgIpc) is 2.19. The van der Waals surface area contributed by atoms with E-state index in [1.807, 2.05) is 0 Å². The van der Waals surface area contributed by atoms with E-state index in [-0.39, 0.29) is 0 Å². The Hall–Kier alpha value is -1.02. The zero-order valence-electron chi connectivity index (χ0n) is 10.3. The monoisotopic (exact) mass is 219 g/mol. The van der Waals surface area contributed by atoms with Crippen molar-refractivity contribution in [3.8, 4) is 5.75 Å². The molecule has 1 aromatic carbocycles. The van der Waals surface area contributed by atoms with Crippen LogP contribution in [-0.2, 0) is 6.54 Å². The van der Waals surface area contributed by atoms with Crippen LogP contribution in [-0.4, -0.2) is 6.61 Å². The molecule has 1 fully saturated rings. The van der Waals surface area contributed by atoms with Crippen molar-refractivity contribution in [1.29, 1.82) is 0 Å². The third-order valence-electron chi connectivity index (χ3n) is 3.44. The van der Waals surface area contributed by atoms with Crippen molar-refractivity contribution in [3.05, 3.63) is 28.8 Å². The number of rotatable bonds is 4. The highest BCUT2D eigenvalue weighted by molar-refractivity contribution is 5.43. The van der Waals surface area contributed by atoms with Crippen LogP contribution in [0.5, 0.6) is 5.75 Å². The SMILES string of the molecule is Cc1cc(CN)cc(C)c1OCC1CCC1. The molecule has 1 aliphatic rings. The van der Waals surface area contributed by atoms with Crippen molar-refractivity contribution in [2.24, 2.45) is 11.7 Å². The van der Waals surface area contributed by atoms with Gasteiger partial charge in [-0.2, -0.15) is 0 Å². The summed E-state index contributed by atoms with van der Waals surface area (Å²) in [6.07, 6.45) is 4.04. The summed E-state index contributed by atoms with van der Waals surface area (Å²) >= 11 is 0. The van der Waals surface area contributed by atoms with E-state index < -0.39 is 0 Å². The molecule has 0 heterocycles. The average molecular weight is 219 g/mol. The molecule has 1 aromatic rings. The fraction of sp³-hybridized carbons (Fsp3) is 0.571. The van der Waals surface area contributed by atoms with Gasteiger partial charge >= 0.3 is 0 Å². The molecule has 2 nitrogen and oxygen atoms in total. The Morgan fingerprint density at radius 2 is 1.88 bits per heavy atom. The lowest BCUT2D eigenvalue weighted by Crippen LogP contribution is -2.19. The van der Waals surface area contributed by atoms with Gasteiger partial charge in [0.05, 0.1) is 6.61 Å². The first kappa shape index (κ1) is 11.5. The maximum Gasteiger partial charge on any atom is 0.125 e. The van der Waals surface area contributed by atoms with Crippen LogP contribution in [0.25, 0.3) is 0 Å². The molecule has 1 saturated carbocycles. The summed E-state index contributed by atoms with van der Waals surface area (Å²) in [6, 6.07) is 4.26. The fourth-order valence-electron chi connectivity index (χ4n) is 2.25. The van der Waals surface area contributed by atoms with Gasteiger partial charge in [0.25, 0.3) is 0 Å². The molecule has 0 amide bonds. The van der Waals surface area contributed by atoms with E-state index in [0.29, 0.717) is 6.54 Å². The second-order valence-corrected chi connectivity index (χ2v) is 4.87. The van der Waals surface area contributed by atoms with E-state index >= 15 is 0 Å². The number of ether oxygens (including phenoxy) is 1. The van der Waals surface area contributed by atoms with Crippen molar-refractivity contribution in [3.63, 3.8) is 0 Å². The van der Waals surface area contributed by atoms with Gasteiger partial charge in [0, 0.05) is 6.54 Å². The lowest BCUT2D eigenvalue weighted by molar-refractivity contribution is 0.179. The molecule has 2 rings (SSSR count). The minimum absolute atomic E-state index is 0.602. The van der Waals surface area contributed by atoms with Crippen molar-refractivity contribution >= 4 is 0 Å². The van der Waals surface area contributed by atoms with E-state index in [4.69, 9.17) is 10.5 Å². The second kappa shape index (κ2) is 4.88. The number of aryl methyl sites for hydroxylation is 2. The molecule has 2 N–H and O–H groups in total. The van der Waals surface area contributed by atoms with E-state index in [1.165, 1.54) is 36.0 Å². The van der Waals surface area contributed by atoms with Gasteiger partial charge in [-0.3, -0.25) is 0 Å². The summed E-state index contributed by atoms with van der Waals surface area (Å²) in [6.45, 7) is 5.68. The van der Waals surface area contributed by atoms with Gasteiger partial charge in [0.2, 0.25) is 0 Å². The summed E-state index contributed by atoms with van der Waals surface area (Å²) in [7, 11) is 0. The molecule has 0 unspecified atom stereocenters. The molecular formula is C14H21NO. The maximum absolute atomic E-state index is 5.93. The molecule has 0 aliphatic heterocycles. The summed E-state index contributed by atoms with van der Waals surface area (Å²) in [4.78, 5) is 0. The third kappa shape index (κ3) is 2.38. The van der Waals surface area contributed by atoms with Gasteiger partial charge in [-0.1, -0.05) is 18.6 Å². The van der Waals surface area contributed by atoms with E-state index in [2.05, 4.69) is 26.0 Å². The first-order valence-corrected chi connectivity index (χ1v) is 6.13.